The first-order valence-electron chi connectivity index (χ1n) is 8.75. The first-order chi connectivity index (χ1) is 12.6. The monoisotopic (exact) mass is 352 g/mol. The summed E-state index contributed by atoms with van der Waals surface area (Å²) in [6.07, 6.45) is 2.79. The Bertz CT molecular complexity index is 916. The van der Waals surface area contributed by atoms with Gasteiger partial charge in [0.2, 0.25) is 0 Å². The van der Waals surface area contributed by atoms with Crippen molar-refractivity contribution < 1.29 is 13.9 Å². The van der Waals surface area contributed by atoms with Crippen molar-refractivity contribution in [1.82, 2.24) is 0 Å². The van der Waals surface area contributed by atoms with Crippen LogP contribution in [0.5, 0.6) is 5.75 Å². The summed E-state index contributed by atoms with van der Waals surface area (Å²) in [5.41, 5.74) is 1.54. The van der Waals surface area contributed by atoms with Gasteiger partial charge in [-0.2, -0.15) is 0 Å². The Morgan fingerprint density at radius 1 is 0.885 bits per heavy atom. The highest BCUT2D eigenvalue weighted by atomic mass is 19.1. The van der Waals surface area contributed by atoms with Crippen LogP contribution in [0.25, 0.3) is 0 Å². The lowest BCUT2D eigenvalue weighted by molar-refractivity contribution is 0.410. The molecular weight excluding hydrogens is 331 g/mol. The maximum absolute atomic E-state index is 13.7. The molecule has 3 aromatic rings. The molecule has 0 fully saturated rings. The summed E-state index contributed by atoms with van der Waals surface area (Å²) in [5, 5.41) is 10.2. The molecule has 0 unspecified atom stereocenters. The van der Waals surface area contributed by atoms with Crippen LogP contribution in [-0.4, -0.2) is 5.11 Å². The highest BCUT2D eigenvalue weighted by molar-refractivity contribution is 5.31. The van der Waals surface area contributed by atoms with Crippen LogP contribution in [0.2, 0.25) is 0 Å². The average Bonchev–Trinajstić information content (AvgIpc) is 2.64. The first kappa shape index (κ1) is 17.9. The Morgan fingerprint density at radius 3 is 2.35 bits per heavy atom. The van der Waals surface area contributed by atoms with Crippen LogP contribution < -0.4 is 5.63 Å². The number of hydrogen-bond donors (Lipinski definition) is 1. The molecule has 0 aliphatic rings. The molecule has 0 saturated carbocycles. The Hall–Kier alpha value is -2.88. The normalized spacial score (nSPS) is 10.8. The zero-order valence-corrected chi connectivity index (χ0v) is 14.5. The van der Waals surface area contributed by atoms with Gasteiger partial charge in [-0.25, -0.2) is 9.18 Å². The van der Waals surface area contributed by atoms with Gasteiger partial charge in [-0.05, 0) is 42.9 Å². The highest BCUT2D eigenvalue weighted by Crippen LogP contribution is 2.19. The smallest absolute Gasteiger partial charge is 0.342 e. The average molecular weight is 352 g/mol. The molecule has 0 radical (unpaired) electrons. The van der Waals surface area contributed by atoms with Crippen LogP contribution in [0.15, 0.2) is 69.9 Å². The Morgan fingerprint density at radius 2 is 1.62 bits per heavy atom. The van der Waals surface area contributed by atoms with Gasteiger partial charge in [-0.1, -0.05) is 48.5 Å². The fourth-order valence-electron chi connectivity index (χ4n) is 2.98. The summed E-state index contributed by atoms with van der Waals surface area (Å²) in [7, 11) is 0. The molecule has 0 amide bonds. The number of hydrogen-bond acceptors (Lipinski definition) is 3. The lowest BCUT2D eigenvalue weighted by atomic mass is 10.0. The van der Waals surface area contributed by atoms with Gasteiger partial charge in [0.25, 0.3) is 0 Å². The molecule has 0 aliphatic carbocycles. The van der Waals surface area contributed by atoms with Gasteiger partial charge in [0.05, 0.1) is 5.56 Å². The number of halogens is 1. The summed E-state index contributed by atoms with van der Waals surface area (Å²) >= 11 is 0. The third-order valence-electron chi connectivity index (χ3n) is 4.41. The lowest BCUT2D eigenvalue weighted by Crippen LogP contribution is -2.10. The Balaban J connectivity index is 1.62. The van der Waals surface area contributed by atoms with Gasteiger partial charge in [-0.15, -0.1) is 0 Å². The maximum Gasteiger partial charge on any atom is 0.342 e. The minimum absolute atomic E-state index is 0.0437. The molecule has 1 heterocycles. The predicted octanol–water partition coefficient (Wildman–Crippen LogP) is 4.45. The van der Waals surface area contributed by atoms with Gasteiger partial charge in [0.1, 0.15) is 17.3 Å². The van der Waals surface area contributed by atoms with E-state index in [0.717, 1.165) is 12.8 Å². The summed E-state index contributed by atoms with van der Waals surface area (Å²) in [4.78, 5) is 12.2. The van der Waals surface area contributed by atoms with E-state index in [4.69, 9.17) is 4.42 Å². The van der Waals surface area contributed by atoms with Gasteiger partial charge in [-0.3, -0.25) is 0 Å². The summed E-state index contributed by atoms with van der Waals surface area (Å²) in [6.45, 7) is 0. The molecular formula is C22H21FO3. The Kier molecular flexibility index (Phi) is 5.84. The summed E-state index contributed by atoms with van der Waals surface area (Å²) in [6, 6.07) is 18.0. The van der Waals surface area contributed by atoms with E-state index in [1.54, 1.807) is 18.2 Å². The molecule has 0 atom stereocenters. The standard InChI is InChI=1S/C22H21FO3/c23-20-12-5-4-10-17(20)13-14-18-15-21(24)19(22(25)26-18)11-6-9-16-7-2-1-3-8-16/h1-5,7-8,10,12,15,24H,6,9,11,13-14H2. The predicted molar refractivity (Wildman–Crippen MR) is 98.9 cm³/mol. The van der Waals surface area contributed by atoms with E-state index in [1.807, 2.05) is 30.3 Å². The van der Waals surface area contributed by atoms with Crippen LogP contribution in [0.1, 0.15) is 28.9 Å². The summed E-state index contributed by atoms with van der Waals surface area (Å²) in [5.74, 6) is 0.0389. The van der Waals surface area contributed by atoms with E-state index in [0.29, 0.717) is 36.1 Å². The van der Waals surface area contributed by atoms with Crippen molar-refractivity contribution in [2.45, 2.75) is 32.1 Å². The third-order valence-corrected chi connectivity index (χ3v) is 4.41. The van der Waals surface area contributed by atoms with E-state index in [2.05, 4.69) is 0 Å². The Labute approximate surface area is 151 Å². The van der Waals surface area contributed by atoms with Crippen LogP contribution in [0.3, 0.4) is 0 Å². The number of aromatic hydroxyl groups is 1. The van der Waals surface area contributed by atoms with Gasteiger partial charge >= 0.3 is 5.63 Å². The molecule has 26 heavy (non-hydrogen) atoms. The van der Waals surface area contributed by atoms with Crippen LogP contribution >= 0.6 is 0 Å². The van der Waals surface area contributed by atoms with E-state index < -0.39 is 5.63 Å². The lowest BCUT2D eigenvalue weighted by Gasteiger charge is -2.07. The zero-order chi connectivity index (χ0) is 18.4. The van der Waals surface area contributed by atoms with Crippen molar-refractivity contribution in [3.8, 4) is 5.75 Å². The highest BCUT2D eigenvalue weighted by Gasteiger charge is 2.12. The van der Waals surface area contributed by atoms with Crippen molar-refractivity contribution in [3.05, 3.63) is 99.4 Å². The number of benzene rings is 2. The SMILES string of the molecule is O=c1oc(CCc2ccccc2F)cc(O)c1CCCc1ccccc1. The van der Waals surface area contributed by atoms with Gasteiger partial charge in [0.15, 0.2) is 0 Å². The van der Waals surface area contributed by atoms with Crippen molar-refractivity contribution >= 4 is 0 Å². The quantitative estimate of drug-likeness (QED) is 0.684. The largest absolute Gasteiger partial charge is 0.507 e. The van der Waals surface area contributed by atoms with Crippen molar-refractivity contribution in [2.24, 2.45) is 0 Å². The molecule has 0 aliphatic heterocycles. The number of aryl methyl sites for hydroxylation is 3. The minimum atomic E-state index is -0.512. The second-order valence-electron chi connectivity index (χ2n) is 6.29. The van der Waals surface area contributed by atoms with Crippen molar-refractivity contribution in [2.75, 3.05) is 0 Å². The fourth-order valence-corrected chi connectivity index (χ4v) is 2.98. The third kappa shape index (κ3) is 4.60. The molecule has 2 aromatic carbocycles. The van der Waals surface area contributed by atoms with E-state index in [1.165, 1.54) is 17.7 Å². The van der Waals surface area contributed by atoms with E-state index in [9.17, 15) is 14.3 Å². The molecule has 3 nitrogen and oxygen atoms in total. The second-order valence-corrected chi connectivity index (χ2v) is 6.29. The first-order valence-corrected chi connectivity index (χ1v) is 8.75. The van der Waals surface area contributed by atoms with Gasteiger partial charge < -0.3 is 9.52 Å². The molecule has 0 bridgehead atoms. The fraction of sp³-hybridized carbons (Fsp3) is 0.227. The van der Waals surface area contributed by atoms with Crippen LogP contribution in [0, 0.1) is 5.82 Å². The van der Waals surface area contributed by atoms with Crippen LogP contribution in [0.4, 0.5) is 4.39 Å². The second kappa shape index (κ2) is 8.48. The van der Waals surface area contributed by atoms with Crippen LogP contribution in [-0.2, 0) is 25.7 Å². The topological polar surface area (TPSA) is 50.4 Å². The zero-order valence-electron chi connectivity index (χ0n) is 14.5. The molecule has 4 heteroatoms. The minimum Gasteiger partial charge on any atom is -0.507 e. The summed E-state index contributed by atoms with van der Waals surface area (Å²) < 4.78 is 19.0. The van der Waals surface area contributed by atoms with Gasteiger partial charge in [0, 0.05) is 12.5 Å². The molecule has 0 spiro atoms. The maximum atomic E-state index is 13.7. The van der Waals surface area contributed by atoms with E-state index >= 15 is 0 Å². The molecule has 0 saturated heterocycles. The van der Waals surface area contributed by atoms with Crippen molar-refractivity contribution in [1.29, 1.82) is 0 Å². The molecule has 134 valence electrons. The molecule has 1 aromatic heterocycles. The van der Waals surface area contributed by atoms with E-state index in [-0.39, 0.29) is 11.6 Å². The van der Waals surface area contributed by atoms with Crippen molar-refractivity contribution in [3.63, 3.8) is 0 Å². The molecule has 1 N–H and O–H groups in total. The molecule has 3 rings (SSSR count). The number of rotatable bonds is 7.